The summed E-state index contributed by atoms with van der Waals surface area (Å²) in [5.74, 6) is 0.118. The Bertz CT molecular complexity index is 1030. The van der Waals surface area contributed by atoms with E-state index in [9.17, 15) is 4.79 Å². The Morgan fingerprint density at radius 1 is 0.893 bits per heavy atom. The second-order valence-electron chi connectivity index (χ2n) is 7.70. The summed E-state index contributed by atoms with van der Waals surface area (Å²) in [4.78, 5) is 22.5. The van der Waals surface area contributed by atoms with Crippen LogP contribution in [0, 0.1) is 20.8 Å². The lowest BCUT2D eigenvalue weighted by Crippen LogP contribution is -2.35. The van der Waals surface area contributed by atoms with E-state index in [1.807, 2.05) is 30.0 Å². The van der Waals surface area contributed by atoms with Crippen LogP contribution < -0.4 is 4.90 Å². The first-order valence-electron chi connectivity index (χ1n) is 10.0. The van der Waals surface area contributed by atoms with Gasteiger partial charge in [0.15, 0.2) is 0 Å². The quantitative estimate of drug-likeness (QED) is 0.663. The van der Waals surface area contributed by atoms with E-state index in [1.54, 1.807) is 0 Å². The molecular weight excluding hydrogens is 346 g/mol. The third-order valence-corrected chi connectivity index (χ3v) is 5.64. The van der Waals surface area contributed by atoms with E-state index in [-0.39, 0.29) is 5.91 Å². The van der Waals surface area contributed by atoms with E-state index in [2.05, 4.69) is 54.1 Å². The van der Waals surface area contributed by atoms with Crippen LogP contribution in [0.4, 0.5) is 5.69 Å². The molecule has 0 saturated carbocycles. The number of aromatic nitrogens is 1. The van der Waals surface area contributed by atoms with Crippen molar-refractivity contribution < 1.29 is 4.79 Å². The number of nitrogens with zero attached hydrogens (tertiary/aromatic N) is 3. The zero-order chi connectivity index (χ0) is 19.7. The van der Waals surface area contributed by atoms with Gasteiger partial charge in [-0.3, -0.25) is 9.78 Å². The molecule has 0 radical (unpaired) electrons. The molecule has 0 unspecified atom stereocenters. The molecule has 1 saturated heterocycles. The van der Waals surface area contributed by atoms with Crippen molar-refractivity contribution in [2.24, 2.45) is 0 Å². The highest BCUT2D eigenvalue weighted by molar-refractivity contribution is 6.06. The van der Waals surface area contributed by atoms with E-state index >= 15 is 0 Å². The minimum atomic E-state index is 0.118. The normalized spacial score (nSPS) is 15.0. The maximum Gasteiger partial charge on any atom is 0.254 e. The van der Waals surface area contributed by atoms with E-state index < -0.39 is 0 Å². The van der Waals surface area contributed by atoms with Crippen molar-refractivity contribution in [1.82, 2.24) is 9.88 Å². The predicted molar refractivity (Wildman–Crippen MR) is 115 cm³/mol. The second kappa shape index (κ2) is 7.63. The lowest BCUT2D eigenvalue weighted by molar-refractivity contribution is 0.0769. The molecule has 3 aromatic rings. The van der Waals surface area contributed by atoms with Gasteiger partial charge in [0.1, 0.15) is 0 Å². The second-order valence-corrected chi connectivity index (χ2v) is 7.70. The van der Waals surface area contributed by atoms with Crippen molar-refractivity contribution in [3.8, 4) is 0 Å². The average molecular weight is 374 g/mol. The molecule has 4 rings (SSSR count). The molecule has 1 fully saturated rings. The number of carbonyl (C=O) groups excluding carboxylic acids is 1. The van der Waals surface area contributed by atoms with Gasteiger partial charge in [-0.25, -0.2) is 0 Å². The average Bonchev–Trinajstić information content (AvgIpc) is 2.94. The molecule has 1 aliphatic heterocycles. The highest BCUT2D eigenvalue weighted by Gasteiger charge is 2.23. The molecule has 2 aromatic carbocycles. The molecule has 2 heterocycles. The first-order valence-corrected chi connectivity index (χ1v) is 10.0. The maximum absolute atomic E-state index is 13.4. The predicted octanol–water partition coefficient (Wildman–Crippen LogP) is 4.51. The van der Waals surface area contributed by atoms with E-state index in [0.29, 0.717) is 0 Å². The summed E-state index contributed by atoms with van der Waals surface area (Å²) in [7, 11) is 0. The van der Waals surface area contributed by atoms with Crippen LogP contribution in [-0.2, 0) is 0 Å². The first-order chi connectivity index (χ1) is 13.5. The Morgan fingerprint density at radius 2 is 1.68 bits per heavy atom. The number of rotatable bonds is 2. The molecule has 1 aromatic heterocycles. The minimum Gasteiger partial charge on any atom is -0.369 e. The Morgan fingerprint density at radius 3 is 2.50 bits per heavy atom. The summed E-state index contributed by atoms with van der Waals surface area (Å²) in [6, 6.07) is 16.5. The smallest absolute Gasteiger partial charge is 0.254 e. The Hall–Kier alpha value is -2.88. The zero-order valence-electron chi connectivity index (χ0n) is 16.9. The number of carbonyl (C=O) groups is 1. The summed E-state index contributed by atoms with van der Waals surface area (Å²) >= 11 is 0. The largest absolute Gasteiger partial charge is 0.369 e. The highest BCUT2D eigenvalue weighted by atomic mass is 16.2. The van der Waals surface area contributed by atoms with Crippen LogP contribution in [0.15, 0.2) is 48.5 Å². The van der Waals surface area contributed by atoms with E-state index in [1.165, 1.54) is 11.3 Å². The molecule has 144 valence electrons. The number of amides is 1. The summed E-state index contributed by atoms with van der Waals surface area (Å²) in [6.45, 7) is 9.52. The molecule has 28 heavy (non-hydrogen) atoms. The highest BCUT2D eigenvalue weighted by Crippen LogP contribution is 2.25. The number of para-hydroxylation sites is 2. The van der Waals surface area contributed by atoms with Gasteiger partial charge in [-0.15, -0.1) is 0 Å². The maximum atomic E-state index is 13.4. The summed E-state index contributed by atoms with van der Waals surface area (Å²) in [6.07, 6.45) is 0.973. The fourth-order valence-electron chi connectivity index (χ4n) is 4.15. The molecule has 0 aliphatic carbocycles. The first kappa shape index (κ1) is 18.5. The number of aryl methyl sites for hydroxylation is 3. The number of hydrogen-bond donors (Lipinski definition) is 0. The third kappa shape index (κ3) is 3.47. The van der Waals surface area contributed by atoms with Crippen LogP contribution in [-0.4, -0.2) is 42.0 Å². The summed E-state index contributed by atoms with van der Waals surface area (Å²) < 4.78 is 0. The standard InChI is InChI=1S/C24H27N3O/c1-17-8-4-5-11-22(17)26-12-7-13-27(15-14-26)24(28)21-16-19(3)25-23-18(2)9-6-10-20(21)23/h4-6,8-11,16H,7,12-15H2,1-3H3. The fourth-order valence-corrected chi connectivity index (χ4v) is 4.15. The Labute approximate surface area is 166 Å². The van der Waals surface area contributed by atoms with Crippen LogP contribution in [0.3, 0.4) is 0 Å². The topological polar surface area (TPSA) is 36.4 Å². The molecule has 0 N–H and O–H groups in total. The van der Waals surface area contributed by atoms with Gasteiger partial charge >= 0.3 is 0 Å². The van der Waals surface area contributed by atoms with Crippen molar-refractivity contribution in [2.45, 2.75) is 27.2 Å². The summed E-state index contributed by atoms with van der Waals surface area (Å²) in [5.41, 5.74) is 6.27. The van der Waals surface area contributed by atoms with Crippen molar-refractivity contribution in [3.05, 3.63) is 70.9 Å². The fraction of sp³-hybridized carbons (Fsp3) is 0.333. The van der Waals surface area contributed by atoms with E-state index in [4.69, 9.17) is 0 Å². The lowest BCUT2D eigenvalue weighted by Gasteiger charge is -2.25. The third-order valence-electron chi connectivity index (χ3n) is 5.64. The molecular formula is C24H27N3O. The SMILES string of the molecule is Cc1cc(C(=O)N2CCCN(c3ccccc3C)CC2)c2cccc(C)c2n1. The number of hydrogen-bond acceptors (Lipinski definition) is 3. The Kier molecular flexibility index (Phi) is 5.03. The van der Waals surface area contributed by atoms with Gasteiger partial charge in [0.05, 0.1) is 11.1 Å². The van der Waals surface area contributed by atoms with E-state index in [0.717, 1.165) is 60.3 Å². The van der Waals surface area contributed by atoms with Crippen molar-refractivity contribution >= 4 is 22.5 Å². The van der Waals surface area contributed by atoms with Crippen molar-refractivity contribution in [1.29, 1.82) is 0 Å². The number of fused-ring (bicyclic) bond motifs is 1. The van der Waals surface area contributed by atoms with Gasteiger partial charge < -0.3 is 9.80 Å². The van der Waals surface area contributed by atoms with Crippen LogP contribution in [0.25, 0.3) is 10.9 Å². The molecule has 0 spiro atoms. The van der Waals surface area contributed by atoms with Gasteiger partial charge in [-0.1, -0.05) is 36.4 Å². The van der Waals surface area contributed by atoms with Crippen LogP contribution in [0.5, 0.6) is 0 Å². The summed E-state index contributed by atoms with van der Waals surface area (Å²) in [5, 5.41) is 0.954. The molecule has 0 bridgehead atoms. The molecule has 4 heteroatoms. The van der Waals surface area contributed by atoms with Crippen LogP contribution >= 0.6 is 0 Å². The molecule has 0 atom stereocenters. The zero-order valence-corrected chi connectivity index (χ0v) is 16.9. The molecule has 4 nitrogen and oxygen atoms in total. The van der Waals surface area contributed by atoms with Gasteiger partial charge in [0, 0.05) is 42.9 Å². The van der Waals surface area contributed by atoms with Crippen molar-refractivity contribution in [2.75, 3.05) is 31.1 Å². The van der Waals surface area contributed by atoms with Crippen molar-refractivity contribution in [3.63, 3.8) is 0 Å². The van der Waals surface area contributed by atoms with Gasteiger partial charge in [-0.05, 0) is 50.5 Å². The van der Waals surface area contributed by atoms with Crippen LogP contribution in [0.1, 0.15) is 33.6 Å². The Balaban J connectivity index is 1.61. The minimum absolute atomic E-state index is 0.118. The van der Waals surface area contributed by atoms with Gasteiger partial charge in [0.2, 0.25) is 0 Å². The van der Waals surface area contributed by atoms with Gasteiger partial charge in [-0.2, -0.15) is 0 Å². The molecule has 1 amide bonds. The number of benzene rings is 2. The lowest BCUT2D eigenvalue weighted by atomic mass is 10.0. The molecule has 1 aliphatic rings. The van der Waals surface area contributed by atoms with Gasteiger partial charge in [0.25, 0.3) is 5.91 Å². The monoisotopic (exact) mass is 373 g/mol. The van der Waals surface area contributed by atoms with Crippen LogP contribution in [0.2, 0.25) is 0 Å². The number of pyridine rings is 1. The number of anilines is 1.